The summed E-state index contributed by atoms with van der Waals surface area (Å²) < 4.78 is 0. The van der Waals surface area contributed by atoms with E-state index in [0.29, 0.717) is 25.5 Å². The maximum atomic E-state index is 11.8. The van der Waals surface area contributed by atoms with Crippen LogP contribution in [-0.2, 0) is 0 Å². The number of carbonyl (C=O) groups is 1. The van der Waals surface area contributed by atoms with Gasteiger partial charge in [0.15, 0.2) is 0 Å². The van der Waals surface area contributed by atoms with Crippen LogP contribution in [0.2, 0.25) is 0 Å². The van der Waals surface area contributed by atoms with Crippen molar-refractivity contribution >= 4 is 11.8 Å². The summed E-state index contributed by atoms with van der Waals surface area (Å²) in [6.45, 7) is 5.49. The van der Waals surface area contributed by atoms with Gasteiger partial charge in [0.05, 0.1) is 6.54 Å². The van der Waals surface area contributed by atoms with Gasteiger partial charge in [-0.2, -0.15) is 0 Å². The number of nitrogens with zero attached hydrogens (tertiary/aromatic N) is 2. The molecule has 0 saturated carbocycles. The van der Waals surface area contributed by atoms with Crippen LogP contribution in [0.15, 0.2) is 18.3 Å². The maximum Gasteiger partial charge on any atom is 0.322 e. The van der Waals surface area contributed by atoms with Crippen molar-refractivity contribution in [3.05, 3.63) is 23.9 Å². The topological polar surface area (TPSA) is 71.2 Å². The van der Waals surface area contributed by atoms with Crippen LogP contribution in [0.4, 0.5) is 10.6 Å². The van der Waals surface area contributed by atoms with Crippen molar-refractivity contribution < 1.29 is 4.79 Å². The Morgan fingerprint density at radius 1 is 1.50 bits per heavy atom. The zero-order chi connectivity index (χ0) is 13.4. The number of carbonyl (C=O) groups excluding carboxylic acids is 1. The number of nitrogens with two attached hydrogens (primary N) is 1. The number of hydrogen-bond donors (Lipinski definition) is 2. The van der Waals surface area contributed by atoms with Crippen LogP contribution >= 0.6 is 0 Å². The molecule has 0 fully saturated rings. The van der Waals surface area contributed by atoms with Crippen molar-refractivity contribution in [1.29, 1.82) is 0 Å². The Balaban J connectivity index is 2.76. The van der Waals surface area contributed by atoms with Gasteiger partial charge in [-0.05, 0) is 26.0 Å². The lowest BCUT2D eigenvalue weighted by molar-refractivity contribution is 0.217. The number of pyridine rings is 1. The van der Waals surface area contributed by atoms with E-state index >= 15 is 0 Å². The molecule has 1 aromatic rings. The third kappa shape index (κ3) is 4.07. The fourth-order valence-corrected chi connectivity index (χ4v) is 1.43. The van der Waals surface area contributed by atoms with E-state index in [1.165, 1.54) is 0 Å². The van der Waals surface area contributed by atoms with E-state index in [9.17, 15) is 4.79 Å². The first kappa shape index (κ1) is 14.0. The quantitative estimate of drug-likeness (QED) is 0.789. The van der Waals surface area contributed by atoms with E-state index in [4.69, 9.17) is 5.73 Å². The van der Waals surface area contributed by atoms with Crippen LogP contribution in [0.25, 0.3) is 0 Å². The molecule has 0 atom stereocenters. The minimum absolute atomic E-state index is 0.156. The van der Waals surface area contributed by atoms with E-state index in [0.717, 1.165) is 5.56 Å². The first-order valence-electron chi connectivity index (χ1n) is 5.92. The highest BCUT2D eigenvalue weighted by molar-refractivity contribution is 5.88. The summed E-state index contributed by atoms with van der Waals surface area (Å²) in [4.78, 5) is 17.6. The summed E-state index contributed by atoms with van der Waals surface area (Å²) in [6, 6.07) is 3.34. The average Bonchev–Trinajstić information content (AvgIpc) is 2.38. The van der Waals surface area contributed by atoms with Gasteiger partial charge in [0.1, 0.15) is 5.82 Å². The molecule has 1 aromatic heterocycles. The molecular weight excluding hydrogens is 228 g/mol. The van der Waals surface area contributed by atoms with E-state index in [2.05, 4.69) is 22.1 Å². The molecular formula is C13H18N4O. The molecule has 0 unspecified atom stereocenters. The highest BCUT2D eigenvalue weighted by Gasteiger charge is 2.09. The molecule has 0 radical (unpaired) electrons. The van der Waals surface area contributed by atoms with E-state index < -0.39 is 0 Å². The maximum absolute atomic E-state index is 11.8. The van der Waals surface area contributed by atoms with Gasteiger partial charge in [0.25, 0.3) is 0 Å². The number of rotatable bonds is 3. The Kier molecular flexibility index (Phi) is 5.68. The summed E-state index contributed by atoms with van der Waals surface area (Å²) in [5, 5.41) is 2.74. The van der Waals surface area contributed by atoms with Crippen molar-refractivity contribution in [1.82, 2.24) is 9.88 Å². The van der Waals surface area contributed by atoms with Crippen molar-refractivity contribution in [3.8, 4) is 11.8 Å². The molecule has 0 saturated heterocycles. The number of aromatic nitrogens is 1. The summed E-state index contributed by atoms with van der Waals surface area (Å²) in [5.41, 5.74) is 6.09. The predicted molar refractivity (Wildman–Crippen MR) is 72.1 cm³/mol. The Labute approximate surface area is 107 Å². The molecule has 2 amide bonds. The van der Waals surface area contributed by atoms with Gasteiger partial charge in [-0.3, -0.25) is 5.32 Å². The number of anilines is 1. The van der Waals surface area contributed by atoms with Gasteiger partial charge < -0.3 is 10.6 Å². The summed E-state index contributed by atoms with van der Waals surface area (Å²) in [5.74, 6) is 6.15. The molecule has 5 heteroatoms. The van der Waals surface area contributed by atoms with Gasteiger partial charge in [0, 0.05) is 24.8 Å². The highest BCUT2D eigenvalue weighted by Crippen LogP contribution is 2.06. The molecule has 0 aliphatic heterocycles. The Hall–Kier alpha value is -2.06. The van der Waals surface area contributed by atoms with Crippen LogP contribution in [0.3, 0.4) is 0 Å². The van der Waals surface area contributed by atoms with E-state index in [-0.39, 0.29) is 6.03 Å². The highest BCUT2D eigenvalue weighted by atomic mass is 16.2. The largest absolute Gasteiger partial charge is 0.325 e. The number of amides is 2. The van der Waals surface area contributed by atoms with E-state index in [1.807, 2.05) is 13.8 Å². The minimum Gasteiger partial charge on any atom is -0.325 e. The molecule has 0 aromatic carbocycles. The average molecular weight is 246 g/mol. The number of hydrogen-bond acceptors (Lipinski definition) is 3. The third-order valence-electron chi connectivity index (χ3n) is 2.38. The molecule has 1 rings (SSSR count). The van der Waals surface area contributed by atoms with Crippen molar-refractivity contribution in [2.75, 3.05) is 25.0 Å². The molecule has 0 spiro atoms. The van der Waals surface area contributed by atoms with Crippen molar-refractivity contribution in [2.45, 2.75) is 13.8 Å². The van der Waals surface area contributed by atoms with Crippen LogP contribution in [0, 0.1) is 11.8 Å². The Morgan fingerprint density at radius 3 is 2.83 bits per heavy atom. The second kappa shape index (κ2) is 7.30. The fourth-order valence-electron chi connectivity index (χ4n) is 1.43. The zero-order valence-electron chi connectivity index (χ0n) is 10.7. The normalized spacial score (nSPS) is 9.28. The molecule has 0 aliphatic carbocycles. The molecule has 1 heterocycles. The first-order chi connectivity index (χ1) is 8.71. The van der Waals surface area contributed by atoms with Gasteiger partial charge in [-0.1, -0.05) is 11.8 Å². The zero-order valence-corrected chi connectivity index (χ0v) is 10.7. The molecule has 96 valence electrons. The second-order valence-corrected chi connectivity index (χ2v) is 3.54. The van der Waals surface area contributed by atoms with Crippen molar-refractivity contribution in [2.24, 2.45) is 5.73 Å². The standard InChI is InChI=1S/C13H18N4O/c1-3-17(4-2)13(18)16-12-10-11(6-5-8-14)7-9-15-12/h7,9-10H,3-4,8,14H2,1-2H3,(H,15,16,18). The smallest absolute Gasteiger partial charge is 0.322 e. The van der Waals surface area contributed by atoms with Crippen LogP contribution in [0.5, 0.6) is 0 Å². The minimum atomic E-state index is -0.156. The first-order valence-corrected chi connectivity index (χ1v) is 5.92. The summed E-state index contributed by atoms with van der Waals surface area (Å²) >= 11 is 0. The number of nitrogens with one attached hydrogen (secondary N) is 1. The van der Waals surface area contributed by atoms with E-state index in [1.54, 1.807) is 23.2 Å². The lowest BCUT2D eigenvalue weighted by Crippen LogP contribution is -2.34. The van der Waals surface area contributed by atoms with Gasteiger partial charge >= 0.3 is 6.03 Å². The van der Waals surface area contributed by atoms with Crippen LogP contribution < -0.4 is 11.1 Å². The lowest BCUT2D eigenvalue weighted by Gasteiger charge is -2.18. The molecule has 5 nitrogen and oxygen atoms in total. The van der Waals surface area contributed by atoms with Gasteiger partial charge in [-0.15, -0.1) is 0 Å². The fraction of sp³-hybridized carbons (Fsp3) is 0.385. The summed E-state index contributed by atoms with van der Waals surface area (Å²) in [6.07, 6.45) is 1.61. The Morgan fingerprint density at radius 2 is 2.22 bits per heavy atom. The lowest BCUT2D eigenvalue weighted by atomic mass is 10.2. The third-order valence-corrected chi connectivity index (χ3v) is 2.38. The monoisotopic (exact) mass is 246 g/mol. The SMILES string of the molecule is CCN(CC)C(=O)Nc1cc(C#CCN)ccn1. The second-order valence-electron chi connectivity index (χ2n) is 3.54. The molecule has 0 bridgehead atoms. The molecule has 3 N–H and O–H groups in total. The molecule has 0 aliphatic rings. The van der Waals surface area contributed by atoms with Crippen LogP contribution in [-0.4, -0.2) is 35.5 Å². The van der Waals surface area contributed by atoms with Gasteiger partial charge in [0.2, 0.25) is 0 Å². The predicted octanol–water partition coefficient (Wildman–Crippen LogP) is 1.27. The number of urea groups is 1. The van der Waals surface area contributed by atoms with Crippen LogP contribution in [0.1, 0.15) is 19.4 Å². The molecule has 18 heavy (non-hydrogen) atoms. The Bertz CT molecular complexity index is 458. The van der Waals surface area contributed by atoms with Crippen molar-refractivity contribution in [3.63, 3.8) is 0 Å². The van der Waals surface area contributed by atoms with Gasteiger partial charge in [-0.25, -0.2) is 9.78 Å². The summed E-state index contributed by atoms with van der Waals surface area (Å²) in [7, 11) is 0.